The zero-order valence-electron chi connectivity index (χ0n) is 7.56. The summed E-state index contributed by atoms with van der Waals surface area (Å²) in [5.74, 6) is 0.322. The quantitative estimate of drug-likeness (QED) is 0.617. The van der Waals surface area contributed by atoms with Crippen molar-refractivity contribution in [3.05, 3.63) is 30.3 Å². The van der Waals surface area contributed by atoms with Crippen LogP contribution in [0.4, 0.5) is 0 Å². The van der Waals surface area contributed by atoms with Crippen molar-refractivity contribution < 1.29 is 15.3 Å². The van der Waals surface area contributed by atoms with Gasteiger partial charge in [-0.3, -0.25) is 0 Å². The predicted octanol–water partition coefficient (Wildman–Crippen LogP) is 1.14. The van der Waals surface area contributed by atoms with Gasteiger partial charge in [-0.05, 0) is 25.0 Å². The Balaban J connectivity index is 0.000000226. The van der Waals surface area contributed by atoms with Crippen LogP contribution >= 0.6 is 0 Å². The van der Waals surface area contributed by atoms with Gasteiger partial charge in [0.15, 0.2) is 0 Å². The molecule has 3 heteroatoms. The van der Waals surface area contributed by atoms with Gasteiger partial charge in [-0.1, -0.05) is 18.2 Å². The van der Waals surface area contributed by atoms with Crippen molar-refractivity contribution in [1.82, 2.24) is 0 Å². The van der Waals surface area contributed by atoms with Gasteiger partial charge in [0.25, 0.3) is 0 Å². The maximum Gasteiger partial charge on any atom is 0.115 e. The van der Waals surface area contributed by atoms with E-state index < -0.39 is 0 Å². The van der Waals surface area contributed by atoms with Crippen LogP contribution in [0.5, 0.6) is 5.75 Å². The molecule has 0 radical (unpaired) electrons. The zero-order valence-corrected chi connectivity index (χ0v) is 7.56. The number of para-hydroxylation sites is 1. The third-order valence-corrected chi connectivity index (χ3v) is 1.32. The van der Waals surface area contributed by atoms with Crippen LogP contribution in [0.25, 0.3) is 0 Å². The number of benzene rings is 1. The van der Waals surface area contributed by atoms with E-state index in [4.69, 9.17) is 15.3 Å². The molecule has 0 aliphatic rings. The first kappa shape index (κ1) is 11.9. The minimum Gasteiger partial charge on any atom is -0.508 e. The fraction of sp³-hybridized carbons (Fsp3) is 0.400. The molecule has 0 atom stereocenters. The van der Waals surface area contributed by atoms with E-state index in [1.807, 2.05) is 6.07 Å². The SMILES string of the molecule is OCCCCO.Oc1ccccc1. The largest absolute Gasteiger partial charge is 0.508 e. The van der Waals surface area contributed by atoms with E-state index in [1.165, 1.54) is 0 Å². The van der Waals surface area contributed by atoms with Crippen molar-refractivity contribution in [1.29, 1.82) is 0 Å². The molecule has 1 aromatic carbocycles. The van der Waals surface area contributed by atoms with Gasteiger partial charge in [-0.25, -0.2) is 0 Å². The number of aliphatic hydroxyl groups excluding tert-OH is 2. The predicted molar refractivity (Wildman–Crippen MR) is 51.5 cm³/mol. The van der Waals surface area contributed by atoms with Crippen molar-refractivity contribution >= 4 is 0 Å². The fourth-order valence-electron chi connectivity index (χ4n) is 0.652. The van der Waals surface area contributed by atoms with E-state index in [0.29, 0.717) is 5.75 Å². The Morgan fingerprint density at radius 2 is 1.31 bits per heavy atom. The van der Waals surface area contributed by atoms with Crippen LogP contribution in [0.15, 0.2) is 30.3 Å². The Kier molecular flexibility index (Phi) is 8.30. The normalized spacial score (nSPS) is 8.77. The molecule has 0 spiro atoms. The first-order chi connectivity index (χ1) is 6.31. The lowest BCUT2D eigenvalue weighted by Crippen LogP contribution is -1.85. The Hall–Kier alpha value is -1.06. The highest BCUT2D eigenvalue weighted by atomic mass is 16.3. The van der Waals surface area contributed by atoms with Crippen LogP contribution in [0.3, 0.4) is 0 Å². The van der Waals surface area contributed by atoms with E-state index in [0.717, 1.165) is 12.8 Å². The summed E-state index contributed by atoms with van der Waals surface area (Å²) >= 11 is 0. The van der Waals surface area contributed by atoms with Gasteiger partial charge < -0.3 is 15.3 Å². The summed E-state index contributed by atoms with van der Waals surface area (Å²) in [6.07, 6.45) is 1.44. The molecule has 1 aromatic rings. The van der Waals surface area contributed by atoms with Gasteiger partial charge in [0.1, 0.15) is 5.75 Å². The average Bonchev–Trinajstić information content (AvgIpc) is 2.17. The highest BCUT2D eigenvalue weighted by Crippen LogP contribution is 2.02. The van der Waals surface area contributed by atoms with Crippen molar-refractivity contribution in [2.45, 2.75) is 12.8 Å². The maximum absolute atomic E-state index is 8.63. The number of aliphatic hydroxyl groups is 2. The molecule has 0 saturated heterocycles. The van der Waals surface area contributed by atoms with Crippen molar-refractivity contribution in [2.24, 2.45) is 0 Å². The van der Waals surface area contributed by atoms with Gasteiger partial charge in [-0.2, -0.15) is 0 Å². The lowest BCUT2D eigenvalue weighted by molar-refractivity contribution is 0.242. The number of aromatic hydroxyl groups is 1. The molecule has 0 bridgehead atoms. The highest BCUT2D eigenvalue weighted by Gasteiger charge is 1.77. The zero-order chi connectivity index (χ0) is 9.94. The number of rotatable bonds is 3. The molecule has 0 aromatic heterocycles. The van der Waals surface area contributed by atoms with Crippen LogP contribution < -0.4 is 0 Å². The number of unbranched alkanes of at least 4 members (excludes halogenated alkanes) is 1. The molecule has 0 aliphatic carbocycles. The molecule has 0 amide bonds. The minimum absolute atomic E-state index is 0.195. The third-order valence-electron chi connectivity index (χ3n) is 1.32. The lowest BCUT2D eigenvalue weighted by atomic mass is 10.3. The smallest absolute Gasteiger partial charge is 0.115 e. The van der Waals surface area contributed by atoms with E-state index in [9.17, 15) is 0 Å². The molecule has 0 aliphatic heterocycles. The molecule has 0 fully saturated rings. The van der Waals surface area contributed by atoms with Crippen LogP contribution in [-0.4, -0.2) is 28.5 Å². The molecule has 0 unspecified atom stereocenters. The molecular formula is C10H16O3. The van der Waals surface area contributed by atoms with E-state index in [2.05, 4.69) is 0 Å². The Morgan fingerprint density at radius 3 is 1.54 bits per heavy atom. The molecule has 3 nitrogen and oxygen atoms in total. The second kappa shape index (κ2) is 9.03. The van der Waals surface area contributed by atoms with Crippen molar-refractivity contribution in [2.75, 3.05) is 13.2 Å². The highest BCUT2D eigenvalue weighted by molar-refractivity contribution is 5.18. The summed E-state index contributed by atoms with van der Waals surface area (Å²) < 4.78 is 0. The summed E-state index contributed by atoms with van der Waals surface area (Å²) in [6.45, 7) is 0.390. The molecule has 0 saturated carbocycles. The fourth-order valence-corrected chi connectivity index (χ4v) is 0.652. The van der Waals surface area contributed by atoms with E-state index in [-0.39, 0.29) is 13.2 Å². The first-order valence-corrected chi connectivity index (χ1v) is 4.27. The molecule has 0 heterocycles. The molecule has 74 valence electrons. The summed E-state index contributed by atoms with van der Waals surface area (Å²) in [5.41, 5.74) is 0. The Labute approximate surface area is 78.3 Å². The summed E-state index contributed by atoms with van der Waals surface area (Å²) in [4.78, 5) is 0. The summed E-state index contributed by atoms with van der Waals surface area (Å²) in [6, 6.07) is 8.71. The number of hydrogen-bond acceptors (Lipinski definition) is 3. The molecule has 13 heavy (non-hydrogen) atoms. The van der Waals surface area contributed by atoms with Gasteiger partial charge in [0.2, 0.25) is 0 Å². The van der Waals surface area contributed by atoms with Crippen LogP contribution in [-0.2, 0) is 0 Å². The Bertz CT molecular complexity index is 183. The van der Waals surface area contributed by atoms with Gasteiger partial charge in [0, 0.05) is 13.2 Å². The minimum atomic E-state index is 0.195. The number of hydrogen-bond donors (Lipinski definition) is 3. The summed E-state index contributed by atoms with van der Waals surface area (Å²) in [7, 11) is 0. The maximum atomic E-state index is 8.63. The van der Waals surface area contributed by atoms with E-state index >= 15 is 0 Å². The van der Waals surface area contributed by atoms with E-state index in [1.54, 1.807) is 24.3 Å². The van der Waals surface area contributed by atoms with Gasteiger partial charge in [0.05, 0.1) is 0 Å². The molecular weight excluding hydrogens is 168 g/mol. The first-order valence-electron chi connectivity index (χ1n) is 4.27. The Morgan fingerprint density at radius 1 is 0.846 bits per heavy atom. The van der Waals surface area contributed by atoms with Crippen molar-refractivity contribution in [3.8, 4) is 5.75 Å². The monoisotopic (exact) mass is 184 g/mol. The average molecular weight is 184 g/mol. The van der Waals surface area contributed by atoms with Gasteiger partial charge in [-0.15, -0.1) is 0 Å². The standard InChI is InChI=1S/C6H6O.C4H10O2/c7-6-4-2-1-3-5-6;5-3-1-2-4-6/h1-5,7H;5-6H,1-4H2. The molecule has 3 N–H and O–H groups in total. The number of phenols is 1. The van der Waals surface area contributed by atoms with Crippen LogP contribution in [0, 0.1) is 0 Å². The lowest BCUT2D eigenvalue weighted by Gasteiger charge is -1.85. The summed E-state index contributed by atoms with van der Waals surface area (Å²) in [5, 5.41) is 24.8. The van der Waals surface area contributed by atoms with Gasteiger partial charge >= 0.3 is 0 Å². The molecule has 1 rings (SSSR count). The van der Waals surface area contributed by atoms with Crippen LogP contribution in [0.1, 0.15) is 12.8 Å². The van der Waals surface area contributed by atoms with Crippen LogP contribution in [0.2, 0.25) is 0 Å². The van der Waals surface area contributed by atoms with Crippen molar-refractivity contribution in [3.63, 3.8) is 0 Å². The second-order valence-corrected chi connectivity index (χ2v) is 2.49. The third kappa shape index (κ3) is 8.85. The number of phenolic OH excluding ortho intramolecular Hbond substituents is 1. The second-order valence-electron chi connectivity index (χ2n) is 2.49. The topological polar surface area (TPSA) is 60.7 Å².